The highest BCUT2D eigenvalue weighted by molar-refractivity contribution is 6.05. The number of carbonyl (C=O) groups excluding carboxylic acids is 1. The number of hydrogen-bond acceptors (Lipinski definition) is 4. The summed E-state index contributed by atoms with van der Waals surface area (Å²) in [5.41, 5.74) is 2.29. The Bertz CT molecular complexity index is 695. The molecular formula is C17H17NO4. The quantitative estimate of drug-likeness (QED) is 0.946. The number of benzene rings is 2. The lowest BCUT2D eigenvalue weighted by Crippen LogP contribution is -2.18. The summed E-state index contributed by atoms with van der Waals surface area (Å²) in [5.74, 6) is 1.34. The van der Waals surface area contributed by atoms with Crippen molar-refractivity contribution in [2.45, 2.75) is 6.92 Å². The molecule has 0 aliphatic carbocycles. The van der Waals surface area contributed by atoms with E-state index in [0.717, 1.165) is 11.3 Å². The van der Waals surface area contributed by atoms with Crippen LogP contribution >= 0.6 is 0 Å². The van der Waals surface area contributed by atoms with Gasteiger partial charge in [0, 0.05) is 11.3 Å². The first-order valence-electron chi connectivity index (χ1n) is 7.03. The van der Waals surface area contributed by atoms with Crippen molar-refractivity contribution in [3.63, 3.8) is 0 Å². The zero-order valence-corrected chi connectivity index (χ0v) is 12.5. The predicted octanol–water partition coefficient (Wildman–Crippen LogP) is 3.03. The minimum absolute atomic E-state index is 0.221. The first-order chi connectivity index (χ1) is 10.7. The monoisotopic (exact) mass is 299 g/mol. The largest absolute Gasteiger partial charge is 0.493 e. The molecule has 0 aromatic heterocycles. The van der Waals surface area contributed by atoms with Crippen LogP contribution < -0.4 is 19.5 Å². The Kier molecular flexibility index (Phi) is 3.87. The first-order valence-corrected chi connectivity index (χ1v) is 7.03. The van der Waals surface area contributed by atoms with Gasteiger partial charge in [0.1, 0.15) is 13.2 Å². The van der Waals surface area contributed by atoms with Gasteiger partial charge in [-0.2, -0.15) is 0 Å². The number of carbonyl (C=O) groups is 1. The SMILES string of the molecule is COc1cc(C(=O)Nc2cccc(C)c2)cc2c1OCCO2. The van der Waals surface area contributed by atoms with Crippen LogP contribution in [0.3, 0.4) is 0 Å². The third-order valence-corrected chi connectivity index (χ3v) is 3.37. The summed E-state index contributed by atoms with van der Waals surface area (Å²) in [4.78, 5) is 12.4. The molecular weight excluding hydrogens is 282 g/mol. The van der Waals surface area contributed by atoms with Crippen molar-refractivity contribution in [1.82, 2.24) is 0 Å². The smallest absolute Gasteiger partial charge is 0.255 e. The standard InChI is InChI=1S/C17H17NO4/c1-11-4-3-5-13(8-11)18-17(19)12-9-14(20-2)16-15(10-12)21-6-7-22-16/h3-5,8-10H,6-7H2,1-2H3,(H,18,19). The van der Waals surface area contributed by atoms with Gasteiger partial charge in [0.15, 0.2) is 11.5 Å². The van der Waals surface area contributed by atoms with E-state index in [2.05, 4.69) is 5.32 Å². The highest BCUT2D eigenvalue weighted by Crippen LogP contribution is 2.40. The van der Waals surface area contributed by atoms with Crippen LogP contribution in [0.5, 0.6) is 17.2 Å². The second-order valence-electron chi connectivity index (χ2n) is 5.03. The molecule has 0 radical (unpaired) electrons. The summed E-state index contributed by atoms with van der Waals surface area (Å²) in [5, 5.41) is 2.87. The average molecular weight is 299 g/mol. The molecule has 1 N–H and O–H groups in total. The molecule has 1 amide bonds. The molecule has 2 aromatic carbocycles. The van der Waals surface area contributed by atoms with Gasteiger partial charge in [0.2, 0.25) is 5.75 Å². The number of methoxy groups -OCH3 is 1. The van der Waals surface area contributed by atoms with Crippen LogP contribution in [0, 0.1) is 6.92 Å². The lowest BCUT2D eigenvalue weighted by molar-refractivity contribution is 0.102. The Labute approximate surface area is 128 Å². The van der Waals surface area contributed by atoms with Crippen molar-refractivity contribution in [1.29, 1.82) is 0 Å². The van der Waals surface area contributed by atoms with E-state index in [4.69, 9.17) is 14.2 Å². The zero-order valence-electron chi connectivity index (χ0n) is 12.5. The minimum atomic E-state index is -0.221. The van der Waals surface area contributed by atoms with Crippen molar-refractivity contribution >= 4 is 11.6 Å². The normalized spacial score (nSPS) is 12.6. The van der Waals surface area contributed by atoms with Crippen LogP contribution in [0.25, 0.3) is 0 Å². The number of hydrogen-bond donors (Lipinski definition) is 1. The van der Waals surface area contributed by atoms with Crippen LogP contribution in [0.1, 0.15) is 15.9 Å². The Morgan fingerprint density at radius 2 is 2.00 bits per heavy atom. The van der Waals surface area contributed by atoms with Gasteiger partial charge in [0.25, 0.3) is 5.91 Å². The molecule has 1 aliphatic heterocycles. The Morgan fingerprint density at radius 3 is 2.77 bits per heavy atom. The summed E-state index contributed by atoms with van der Waals surface area (Å²) >= 11 is 0. The van der Waals surface area contributed by atoms with E-state index in [1.807, 2.05) is 31.2 Å². The van der Waals surface area contributed by atoms with Gasteiger partial charge >= 0.3 is 0 Å². The third kappa shape index (κ3) is 2.83. The van der Waals surface area contributed by atoms with Gasteiger partial charge in [0.05, 0.1) is 7.11 Å². The molecule has 1 heterocycles. The van der Waals surface area contributed by atoms with Crippen LogP contribution in [0.2, 0.25) is 0 Å². The van der Waals surface area contributed by atoms with E-state index >= 15 is 0 Å². The lowest BCUT2D eigenvalue weighted by Gasteiger charge is -2.21. The van der Waals surface area contributed by atoms with Crippen molar-refractivity contribution in [3.8, 4) is 17.2 Å². The van der Waals surface area contributed by atoms with Gasteiger partial charge in [-0.05, 0) is 36.8 Å². The van der Waals surface area contributed by atoms with Crippen molar-refractivity contribution in [2.24, 2.45) is 0 Å². The van der Waals surface area contributed by atoms with E-state index in [9.17, 15) is 4.79 Å². The minimum Gasteiger partial charge on any atom is -0.493 e. The molecule has 0 unspecified atom stereocenters. The maximum absolute atomic E-state index is 12.4. The summed E-state index contributed by atoms with van der Waals surface area (Å²) in [6.07, 6.45) is 0. The van der Waals surface area contributed by atoms with E-state index < -0.39 is 0 Å². The molecule has 2 aromatic rings. The number of fused-ring (bicyclic) bond motifs is 1. The highest BCUT2D eigenvalue weighted by Gasteiger charge is 2.20. The van der Waals surface area contributed by atoms with E-state index in [1.165, 1.54) is 7.11 Å². The fourth-order valence-electron chi connectivity index (χ4n) is 2.33. The summed E-state index contributed by atoms with van der Waals surface area (Å²) < 4.78 is 16.4. The van der Waals surface area contributed by atoms with E-state index in [0.29, 0.717) is 36.0 Å². The molecule has 5 nitrogen and oxygen atoms in total. The second-order valence-corrected chi connectivity index (χ2v) is 5.03. The van der Waals surface area contributed by atoms with Gasteiger partial charge in [-0.15, -0.1) is 0 Å². The predicted molar refractivity (Wildman–Crippen MR) is 83.1 cm³/mol. The van der Waals surface area contributed by atoms with E-state index in [-0.39, 0.29) is 5.91 Å². The summed E-state index contributed by atoms with van der Waals surface area (Å²) in [6.45, 7) is 2.90. The Hall–Kier alpha value is -2.69. The van der Waals surface area contributed by atoms with Crippen LogP contribution in [0.15, 0.2) is 36.4 Å². The fourth-order valence-corrected chi connectivity index (χ4v) is 2.33. The number of amides is 1. The molecule has 114 valence electrons. The van der Waals surface area contributed by atoms with Gasteiger partial charge < -0.3 is 19.5 Å². The molecule has 0 atom stereocenters. The van der Waals surface area contributed by atoms with Crippen molar-refractivity contribution in [2.75, 3.05) is 25.6 Å². The fraction of sp³-hybridized carbons (Fsp3) is 0.235. The Morgan fingerprint density at radius 1 is 1.18 bits per heavy atom. The molecule has 0 spiro atoms. The molecule has 0 saturated carbocycles. The number of rotatable bonds is 3. The first kappa shape index (κ1) is 14.3. The molecule has 5 heteroatoms. The molecule has 22 heavy (non-hydrogen) atoms. The number of aryl methyl sites for hydroxylation is 1. The van der Waals surface area contributed by atoms with E-state index in [1.54, 1.807) is 12.1 Å². The van der Waals surface area contributed by atoms with Crippen LogP contribution in [-0.2, 0) is 0 Å². The average Bonchev–Trinajstić information content (AvgIpc) is 2.53. The molecule has 3 rings (SSSR count). The molecule has 0 fully saturated rings. The Balaban J connectivity index is 1.89. The third-order valence-electron chi connectivity index (χ3n) is 3.37. The summed E-state index contributed by atoms with van der Waals surface area (Å²) in [7, 11) is 1.54. The maximum atomic E-state index is 12.4. The van der Waals surface area contributed by atoms with Crippen molar-refractivity contribution in [3.05, 3.63) is 47.5 Å². The molecule has 1 aliphatic rings. The second kappa shape index (κ2) is 5.97. The van der Waals surface area contributed by atoms with Crippen LogP contribution in [0.4, 0.5) is 5.69 Å². The number of nitrogens with one attached hydrogen (secondary N) is 1. The lowest BCUT2D eigenvalue weighted by atomic mass is 10.1. The molecule has 0 saturated heterocycles. The maximum Gasteiger partial charge on any atom is 0.255 e. The molecule has 0 bridgehead atoms. The van der Waals surface area contributed by atoms with Crippen molar-refractivity contribution < 1.29 is 19.0 Å². The summed E-state index contributed by atoms with van der Waals surface area (Å²) in [6, 6.07) is 11.0. The zero-order chi connectivity index (χ0) is 15.5. The van der Waals surface area contributed by atoms with Crippen LogP contribution in [-0.4, -0.2) is 26.2 Å². The number of anilines is 1. The van der Waals surface area contributed by atoms with Gasteiger partial charge in [-0.1, -0.05) is 12.1 Å². The highest BCUT2D eigenvalue weighted by atomic mass is 16.6. The van der Waals surface area contributed by atoms with Gasteiger partial charge in [-0.25, -0.2) is 0 Å². The number of ether oxygens (including phenoxy) is 3. The van der Waals surface area contributed by atoms with Gasteiger partial charge in [-0.3, -0.25) is 4.79 Å². The topological polar surface area (TPSA) is 56.8 Å².